The number of thiocarbonyl (C=S) groups is 1. The SMILES string of the molecule is OCCOCCNC(=S)Cc1ccc(Cl)cc1. The van der Waals surface area contributed by atoms with Crippen molar-refractivity contribution in [3.8, 4) is 0 Å². The van der Waals surface area contributed by atoms with Crippen molar-refractivity contribution >= 4 is 28.8 Å². The van der Waals surface area contributed by atoms with Gasteiger partial charge in [0, 0.05) is 18.0 Å². The number of rotatable bonds is 7. The first-order valence-electron chi connectivity index (χ1n) is 5.42. The van der Waals surface area contributed by atoms with E-state index in [9.17, 15) is 0 Å². The van der Waals surface area contributed by atoms with Crippen LogP contribution in [0.25, 0.3) is 0 Å². The number of ether oxygens (including phenoxy) is 1. The maximum atomic E-state index is 8.51. The zero-order valence-corrected chi connectivity index (χ0v) is 11.1. The normalized spacial score (nSPS) is 10.2. The van der Waals surface area contributed by atoms with E-state index >= 15 is 0 Å². The molecule has 1 rings (SSSR count). The van der Waals surface area contributed by atoms with Crippen molar-refractivity contribution in [2.75, 3.05) is 26.4 Å². The molecule has 0 aromatic heterocycles. The van der Waals surface area contributed by atoms with Crippen LogP contribution in [0.3, 0.4) is 0 Å². The highest BCUT2D eigenvalue weighted by atomic mass is 35.5. The molecule has 0 aliphatic heterocycles. The third kappa shape index (κ3) is 6.58. The fraction of sp³-hybridized carbons (Fsp3) is 0.417. The standard InChI is InChI=1S/C12H16ClNO2S/c13-11-3-1-10(2-4-11)9-12(17)14-5-7-16-8-6-15/h1-4,15H,5-9H2,(H,14,17). The van der Waals surface area contributed by atoms with Crippen molar-refractivity contribution in [2.24, 2.45) is 0 Å². The molecule has 0 fully saturated rings. The lowest BCUT2D eigenvalue weighted by Crippen LogP contribution is -2.27. The van der Waals surface area contributed by atoms with Crippen molar-refractivity contribution < 1.29 is 9.84 Å². The molecule has 1 aromatic rings. The fourth-order valence-electron chi connectivity index (χ4n) is 1.28. The van der Waals surface area contributed by atoms with Crippen molar-refractivity contribution in [1.29, 1.82) is 0 Å². The van der Waals surface area contributed by atoms with E-state index in [2.05, 4.69) is 5.32 Å². The summed E-state index contributed by atoms with van der Waals surface area (Å²) < 4.78 is 5.11. The maximum absolute atomic E-state index is 8.51. The zero-order valence-electron chi connectivity index (χ0n) is 9.49. The second kappa shape index (κ2) is 8.42. The summed E-state index contributed by atoms with van der Waals surface area (Å²) in [4.78, 5) is 0.778. The smallest absolute Gasteiger partial charge is 0.0798 e. The van der Waals surface area contributed by atoms with Gasteiger partial charge in [-0.3, -0.25) is 0 Å². The van der Waals surface area contributed by atoms with Gasteiger partial charge in [-0.25, -0.2) is 0 Å². The molecule has 0 saturated heterocycles. The average Bonchev–Trinajstić information content (AvgIpc) is 2.32. The summed E-state index contributed by atoms with van der Waals surface area (Å²) in [5.41, 5.74) is 1.13. The van der Waals surface area contributed by atoms with Crippen LogP contribution in [-0.4, -0.2) is 36.5 Å². The Kier molecular flexibility index (Phi) is 7.12. The van der Waals surface area contributed by atoms with Crippen LogP contribution in [0.5, 0.6) is 0 Å². The van der Waals surface area contributed by atoms with Gasteiger partial charge in [0.05, 0.1) is 24.8 Å². The Bertz CT molecular complexity index is 343. The van der Waals surface area contributed by atoms with Crippen LogP contribution in [0.1, 0.15) is 5.56 Å². The van der Waals surface area contributed by atoms with E-state index in [4.69, 9.17) is 33.7 Å². The minimum absolute atomic E-state index is 0.0508. The van der Waals surface area contributed by atoms with Gasteiger partial charge in [0.2, 0.25) is 0 Å². The predicted octanol–water partition coefficient (Wildman–Crippen LogP) is 1.81. The summed E-state index contributed by atoms with van der Waals surface area (Å²) in [6.07, 6.45) is 0.701. The van der Waals surface area contributed by atoms with Crippen molar-refractivity contribution in [3.63, 3.8) is 0 Å². The molecule has 3 nitrogen and oxygen atoms in total. The summed E-state index contributed by atoms with van der Waals surface area (Å²) in [6.45, 7) is 1.62. The third-order valence-electron chi connectivity index (χ3n) is 2.08. The molecule has 0 aliphatic carbocycles. The zero-order chi connectivity index (χ0) is 12.5. The number of hydrogen-bond acceptors (Lipinski definition) is 3. The lowest BCUT2D eigenvalue weighted by molar-refractivity contribution is 0.0959. The van der Waals surface area contributed by atoms with Gasteiger partial charge < -0.3 is 15.2 Å². The summed E-state index contributed by atoms with van der Waals surface area (Å²) in [7, 11) is 0. The Balaban J connectivity index is 2.18. The number of benzene rings is 1. The molecule has 94 valence electrons. The first-order chi connectivity index (χ1) is 8.22. The van der Waals surface area contributed by atoms with Gasteiger partial charge in [-0.05, 0) is 17.7 Å². The molecule has 0 amide bonds. The lowest BCUT2D eigenvalue weighted by Gasteiger charge is -2.08. The monoisotopic (exact) mass is 273 g/mol. The summed E-state index contributed by atoms with van der Waals surface area (Å²) in [5.74, 6) is 0. The first-order valence-corrected chi connectivity index (χ1v) is 6.20. The van der Waals surface area contributed by atoms with Gasteiger partial charge in [0.15, 0.2) is 0 Å². The Morgan fingerprint density at radius 1 is 1.29 bits per heavy atom. The van der Waals surface area contributed by atoms with Gasteiger partial charge >= 0.3 is 0 Å². The van der Waals surface area contributed by atoms with Crippen LogP contribution < -0.4 is 5.32 Å². The number of aliphatic hydroxyl groups is 1. The molecule has 17 heavy (non-hydrogen) atoms. The Morgan fingerprint density at radius 3 is 2.65 bits per heavy atom. The molecule has 0 saturated carbocycles. The molecule has 0 heterocycles. The molecular formula is C12H16ClNO2S. The Labute approximate surface area is 112 Å². The van der Waals surface area contributed by atoms with Gasteiger partial charge in [-0.15, -0.1) is 0 Å². The van der Waals surface area contributed by atoms with Crippen molar-refractivity contribution in [2.45, 2.75) is 6.42 Å². The number of aliphatic hydroxyl groups excluding tert-OH is 1. The molecule has 0 spiro atoms. The van der Waals surface area contributed by atoms with Crippen molar-refractivity contribution in [3.05, 3.63) is 34.9 Å². The number of hydrogen-bond donors (Lipinski definition) is 2. The van der Waals surface area contributed by atoms with E-state index in [1.54, 1.807) is 0 Å². The highest BCUT2D eigenvalue weighted by molar-refractivity contribution is 7.80. The molecular weight excluding hydrogens is 258 g/mol. The Morgan fingerprint density at radius 2 is 2.00 bits per heavy atom. The van der Waals surface area contributed by atoms with Crippen LogP contribution in [0.4, 0.5) is 0 Å². The third-order valence-corrected chi connectivity index (χ3v) is 2.62. The predicted molar refractivity (Wildman–Crippen MR) is 73.7 cm³/mol. The average molecular weight is 274 g/mol. The quantitative estimate of drug-likeness (QED) is 0.587. The second-order valence-corrected chi connectivity index (χ2v) is 4.42. The van der Waals surface area contributed by atoms with Crippen LogP contribution >= 0.6 is 23.8 Å². The van der Waals surface area contributed by atoms with E-state index in [1.807, 2.05) is 24.3 Å². The van der Waals surface area contributed by atoms with E-state index < -0.39 is 0 Å². The number of nitrogens with one attached hydrogen (secondary N) is 1. The van der Waals surface area contributed by atoms with Crippen LogP contribution in [0, 0.1) is 0 Å². The minimum Gasteiger partial charge on any atom is -0.394 e. The van der Waals surface area contributed by atoms with Crippen LogP contribution in [-0.2, 0) is 11.2 Å². The molecule has 5 heteroatoms. The van der Waals surface area contributed by atoms with Gasteiger partial charge in [-0.1, -0.05) is 36.0 Å². The van der Waals surface area contributed by atoms with E-state index in [1.165, 1.54) is 0 Å². The fourth-order valence-corrected chi connectivity index (χ4v) is 1.67. The molecule has 0 radical (unpaired) electrons. The minimum atomic E-state index is 0.0508. The summed E-state index contributed by atoms with van der Waals surface area (Å²) >= 11 is 11.0. The largest absolute Gasteiger partial charge is 0.394 e. The molecule has 1 aromatic carbocycles. The molecule has 0 atom stereocenters. The summed E-state index contributed by atoms with van der Waals surface area (Å²) in [6, 6.07) is 7.62. The van der Waals surface area contributed by atoms with Crippen LogP contribution in [0.2, 0.25) is 5.02 Å². The van der Waals surface area contributed by atoms with Crippen molar-refractivity contribution in [1.82, 2.24) is 5.32 Å². The Hall–Kier alpha value is -0.680. The molecule has 0 aliphatic rings. The van der Waals surface area contributed by atoms with Gasteiger partial charge in [0.1, 0.15) is 0 Å². The highest BCUT2D eigenvalue weighted by Gasteiger charge is 1.99. The summed E-state index contributed by atoms with van der Waals surface area (Å²) in [5, 5.41) is 12.3. The molecule has 0 bridgehead atoms. The topological polar surface area (TPSA) is 41.5 Å². The second-order valence-electron chi connectivity index (χ2n) is 3.49. The van der Waals surface area contributed by atoms with E-state index in [-0.39, 0.29) is 6.61 Å². The van der Waals surface area contributed by atoms with Gasteiger partial charge in [0.25, 0.3) is 0 Å². The number of halogens is 1. The van der Waals surface area contributed by atoms with Crippen LogP contribution in [0.15, 0.2) is 24.3 Å². The highest BCUT2D eigenvalue weighted by Crippen LogP contribution is 2.09. The maximum Gasteiger partial charge on any atom is 0.0798 e. The molecule has 0 unspecified atom stereocenters. The van der Waals surface area contributed by atoms with Gasteiger partial charge in [-0.2, -0.15) is 0 Å². The van der Waals surface area contributed by atoms with E-state index in [0.29, 0.717) is 26.2 Å². The first kappa shape index (κ1) is 14.4. The molecule has 2 N–H and O–H groups in total. The van der Waals surface area contributed by atoms with E-state index in [0.717, 1.165) is 15.6 Å². The lowest BCUT2D eigenvalue weighted by atomic mass is 10.1.